The Bertz CT molecular complexity index is 924. The molecule has 0 fully saturated rings. The number of ether oxygens (including phenoxy) is 4. The SMILES string of the molecule is COc1ccc2[nH]c(-c3cc(OC)c(OC)c(OC)c3)c(CCCCN)c2c1. The lowest BCUT2D eigenvalue weighted by molar-refractivity contribution is 0.324. The molecule has 0 amide bonds. The van der Waals surface area contributed by atoms with Crippen LogP contribution in [-0.4, -0.2) is 40.0 Å². The molecular formula is C22H28N2O4. The molecule has 0 aliphatic rings. The second-order valence-electron chi connectivity index (χ2n) is 6.55. The Balaban J connectivity index is 2.19. The smallest absolute Gasteiger partial charge is 0.203 e. The first-order valence-electron chi connectivity index (χ1n) is 9.35. The van der Waals surface area contributed by atoms with Crippen molar-refractivity contribution >= 4 is 10.9 Å². The van der Waals surface area contributed by atoms with Crippen molar-refractivity contribution in [1.82, 2.24) is 4.98 Å². The van der Waals surface area contributed by atoms with Gasteiger partial charge < -0.3 is 29.7 Å². The number of rotatable bonds is 9. The summed E-state index contributed by atoms with van der Waals surface area (Å²) in [5.41, 5.74) is 10.0. The highest BCUT2D eigenvalue weighted by Crippen LogP contribution is 2.43. The number of aromatic nitrogens is 1. The summed E-state index contributed by atoms with van der Waals surface area (Å²) in [5, 5.41) is 1.15. The first kappa shape index (κ1) is 19.9. The van der Waals surface area contributed by atoms with Gasteiger partial charge >= 0.3 is 0 Å². The predicted octanol–water partition coefficient (Wildman–Crippen LogP) is 4.15. The van der Waals surface area contributed by atoms with E-state index in [4.69, 9.17) is 24.7 Å². The molecule has 0 aliphatic heterocycles. The highest BCUT2D eigenvalue weighted by atomic mass is 16.5. The van der Waals surface area contributed by atoms with Crippen molar-refractivity contribution < 1.29 is 18.9 Å². The molecule has 0 saturated carbocycles. The Kier molecular flexibility index (Phi) is 6.31. The monoisotopic (exact) mass is 384 g/mol. The topological polar surface area (TPSA) is 78.7 Å². The summed E-state index contributed by atoms with van der Waals surface area (Å²) in [5.74, 6) is 2.67. The maximum atomic E-state index is 5.71. The average molecular weight is 384 g/mol. The van der Waals surface area contributed by atoms with E-state index in [9.17, 15) is 0 Å². The van der Waals surface area contributed by atoms with E-state index in [-0.39, 0.29) is 0 Å². The molecule has 0 bridgehead atoms. The van der Waals surface area contributed by atoms with Gasteiger partial charge in [-0.1, -0.05) is 0 Å². The fourth-order valence-electron chi connectivity index (χ4n) is 3.53. The molecule has 6 nitrogen and oxygen atoms in total. The van der Waals surface area contributed by atoms with Crippen LogP contribution in [0.15, 0.2) is 30.3 Å². The standard InChI is InChI=1S/C22H28N2O4/c1-25-15-8-9-18-17(13-15)16(7-5-6-10-23)21(24-18)14-11-19(26-2)22(28-4)20(12-14)27-3/h8-9,11-13,24H,5-7,10,23H2,1-4H3. The largest absolute Gasteiger partial charge is 0.497 e. The van der Waals surface area contributed by atoms with Crippen molar-refractivity contribution in [1.29, 1.82) is 0 Å². The summed E-state index contributed by atoms with van der Waals surface area (Å²) in [6, 6.07) is 10.0. The van der Waals surface area contributed by atoms with Crippen molar-refractivity contribution in [3.05, 3.63) is 35.9 Å². The van der Waals surface area contributed by atoms with Crippen molar-refractivity contribution in [2.24, 2.45) is 5.73 Å². The summed E-state index contributed by atoms with van der Waals surface area (Å²) in [6.45, 7) is 0.686. The molecule has 0 atom stereocenters. The molecule has 3 rings (SSSR count). The normalized spacial score (nSPS) is 10.9. The first-order chi connectivity index (χ1) is 13.7. The minimum Gasteiger partial charge on any atom is -0.497 e. The van der Waals surface area contributed by atoms with Gasteiger partial charge in [0.2, 0.25) is 5.75 Å². The maximum Gasteiger partial charge on any atom is 0.203 e. The van der Waals surface area contributed by atoms with E-state index < -0.39 is 0 Å². The maximum absolute atomic E-state index is 5.71. The molecule has 3 aromatic rings. The number of H-pyrrole nitrogens is 1. The predicted molar refractivity (Wildman–Crippen MR) is 112 cm³/mol. The number of aryl methyl sites for hydroxylation is 1. The van der Waals surface area contributed by atoms with Gasteiger partial charge in [0.15, 0.2) is 11.5 Å². The Labute approximate surface area is 165 Å². The Morgan fingerprint density at radius 3 is 2.14 bits per heavy atom. The molecule has 0 radical (unpaired) electrons. The number of fused-ring (bicyclic) bond motifs is 1. The minimum absolute atomic E-state index is 0.580. The van der Waals surface area contributed by atoms with Crippen LogP contribution in [-0.2, 0) is 6.42 Å². The van der Waals surface area contributed by atoms with Crippen molar-refractivity contribution in [3.8, 4) is 34.3 Å². The Morgan fingerprint density at radius 2 is 1.57 bits per heavy atom. The second-order valence-corrected chi connectivity index (χ2v) is 6.55. The fraction of sp³-hybridized carbons (Fsp3) is 0.364. The van der Waals surface area contributed by atoms with Gasteiger partial charge in [-0.3, -0.25) is 0 Å². The highest BCUT2D eigenvalue weighted by Gasteiger charge is 2.19. The third kappa shape index (κ3) is 3.73. The highest BCUT2D eigenvalue weighted by molar-refractivity contribution is 5.92. The zero-order chi connectivity index (χ0) is 20.1. The van der Waals surface area contributed by atoms with Crippen LogP contribution >= 0.6 is 0 Å². The van der Waals surface area contributed by atoms with Crippen LogP contribution in [0.1, 0.15) is 18.4 Å². The van der Waals surface area contributed by atoms with Crippen LogP contribution in [0.2, 0.25) is 0 Å². The van der Waals surface area contributed by atoms with Gasteiger partial charge in [0.1, 0.15) is 5.75 Å². The molecule has 0 unspecified atom stereocenters. The quantitative estimate of drug-likeness (QED) is 0.542. The molecule has 28 heavy (non-hydrogen) atoms. The van der Waals surface area contributed by atoms with Crippen LogP contribution in [0, 0.1) is 0 Å². The molecule has 2 aromatic carbocycles. The van der Waals surface area contributed by atoms with E-state index in [0.717, 1.165) is 47.2 Å². The van der Waals surface area contributed by atoms with Gasteiger partial charge in [-0.15, -0.1) is 0 Å². The van der Waals surface area contributed by atoms with E-state index >= 15 is 0 Å². The number of nitrogens with two attached hydrogens (primary N) is 1. The third-order valence-corrected chi connectivity index (χ3v) is 4.95. The van der Waals surface area contributed by atoms with Crippen molar-refractivity contribution in [2.75, 3.05) is 35.0 Å². The van der Waals surface area contributed by atoms with Gasteiger partial charge in [0.25, 0.3) is 0 Å². The lowest BCUT2D eigenvalue weighted by Crippen LogP contribution is -2.00. The lowest BCUT2D eigenvalue weighted by atomic mass is 9.99. The van der Waals surface area contributed by atoms with Crippen LogP contribution in [0.4, 0.5) is 0 Å². The number of unbranched alkanes of at least 4 members (excludes halogenated alkanes) is 1. The van der Waals surface area contributed by atoms with Gasteiger partial charge in [-0.2, -0.15) is 0 Å². The summed E-state index contributed by atoms with van der Waals surface area (Å²) in [4.78, 5) is 3.56. The number of hydrogen-bond donors (Lipinski definition) is 2. The molecule has 0 saturated heterocycles. The number of hydrogen-bond acceptors (Lipinski definition) is 5. The van der Waals surface area contributed by atoms with Gasteiger partial charge in [-0.05, 0) is 61.7 Å². The molecule has 3 N–H and O–H groups in total. The van der Waals surface area contributed by atoms with Crippen molar-refractivity contribution in [3.63, 3.8) is 0 Å². The Morgan fingerprint density at radius 1 is 0.857 bits per heavy atom. The van der Waals surface area contributed by atoms with Crippen LogP contribution in [0.3, 0.4) is 0 Å². The molecule has 1 aromatic heterocycles. The molecule has 6 heteroatoms. The van der Waals surface area contributed by atoms with Crippen LogP contribution in [0.5, 0.6) is 23.0 Å². The number of nitrogens with one attached hydrogen (secondary N) is 1. The zero-order valence-electron chi connectivity index (χ0n) is 16.9. The van der Waals surface area contributed by atoms with E-state index in [1.54, 1.807) is 28.4 Å². The van der Waals surface area contributed by atoms with Gasteiger partial charge in [-0.25, -0.2) is 0 Å². The van der Waals surface area contributed by atoms with E-state index in [1.807, 2.05) is 24.3 Å². The van der Waals surface area contributed by atoms with E-state index in [1.165, 1.54) is 5.56 Å². The fourth-order valence-corrected chi connectivity index (χ4v) is 3.53. The van der Waals surface area contributed by atoms with Gasteiger partial charge in [0.05, 0.1) is 28.4 Å². The first-order valence-corrected chi connectivity index (χ1v) is 9.35. The Hall–Kier alpha value is -2.86. The number of methoxy groups -OCH3 is 4. The van der Waals surface area contributed by atoms with E-state index in [0.29, 0.717) is 23.8 Å². The molecule has 150 valence electrons. The summed E-state index contributed by atoms with van der Waals surface area (Å²) < 4.78 is 22.0. The lowest BCUT2D eigenvalue weighted by Gasteiger charge is -2.14. The number of aromatic amines is 1. The molecule has 1 heterocycles. The summed E-state index contributed by atoms with van der Waals surface area (Å²) in [6.07, 6.45) is 2.90. The van der Waals surface area contributed by atoms with Gasteiger partial charge in [0, 0.05) is 22.2 Å². The van der Waals surface area contributed by atoms with Crippen LogP contribution in [0.25, 0.3) is 22.2 Å². The minimum atomic E-state index is 0.580. The summed E-state index contributed by atoms with van der Waals surface area (Å²) in [7, 11) is 6.54. The van der Waals surface area contributed by atoms with Crippen LogP contribution < -0.4 is 24.7 Å². The van der Waals surface area contributed by atoms with E-state index in [2.05, 4.69) is 11.1 Å². The third-order valence-electron chi connectivity index (χ3n) is 4.95. The second kappa shape index (κ2) is 8.89. The molecule has 0 aliphatic carbocycles. The average Bonchev–Trinajstić information content (AvgIpc) is 3.10. The number of benzene rings is 2. The summed E-state index contributed by atoms with van der Waals surface area (Å²) >= 11 is 0. The molecular weight excluding hydrogens is 356 g/mol. The zero-order valence-corrected chi connectivity index (χ0v) is 16.9. The molecule has 0 spiro atoms. The van der Waals surface area contributed by atoms with Crippen molar-refractivity contribution in [2.45, 2.75) is 19.3 Å².